The van der Waals surface area contributed by atoms with Gasteiger partial charge in [-0.1, -0.05) is 30.8 Å². The number of carbonyl (C=O) groups excluding carboxylic acids is 1. The topological polar surface area (TPSA) is 36.1 Å². The van der Waals surface area contributed by atoms with Crippen LogP contribution in [-0.2, 0) is 0 Å². The van der Waals surface area contributed by atoms with E-state index in [0.29, 0.717) is 5.92 Å². The molecule has 0 bridgehead atoms. The summed E-state index contributed by atoms with van der Waals surface area (Å²) in [6.45, 7) is 1.62. The fourth-order valence-corrected chi connectivity index (χ4v) is 3.01. The van der Waals surface area contributed by atoms with E-state index >= 15 is 0 Å². The van der Waals surface area contributed by atoms with E-state index in [1.165, 1.54) is 16.5 Å². The summed E-state index contributed by atoms with van der Waals surface area (Å²) in [6, 6.07) is 8.39. The Bertz CT molecular complexity index is 570. The summed E-state index contributed by atoms with van der Waals surface area (Å²) in [5.41, 5.74) is 2.58. The van der Waals surface area contributed by atoms with Crippen LogP contribution < -0.4 is 0 Å². The Kier molecular flexibility index (Phi) is 3.04. The fraction of sp³-hybridized carbons (Fsp3) is 0.357. The summed E-state index contributed by atoms with van der Waals surface area (Å²) in [5.74, 6) is 0.546. The lowest BCUT2D eigenvalue weighted by Crippen LogP contribution is -2.34. The highest BCUT2D eigenvalue weighted by atomic mass is 32.1. The van der Waals surface area contributed by atoms with E-state index in [2.05, 4.69) is 42.0 Å². The maximum atomic E-state index is 11.2. The maximum Gasteiger partial charge on any atom is 0.278 e. The molecule has 1 fully saturated rings. The zero-order valence-corrected chi connectivity index (χ0v) is 11.0. The van der Waals surface area contributed by atoms with Crippen LogP contribution in [0.25, 0.3) is 10.9 Å². The van der Waals surface area contributed by atoms with E-state index in [4.69, 9.17) is 0 Å². The number of likely N-dealkylation sites (tertiary alicyclic amines) is 1. The van der Waals surface area contributed by atoms with Gasteiger partial charge in [0.2, 0.25) is 0 Å². The Morgan fingerprint density at radius 1 is 1.28 bits per heavy atom. The summed E-state index contributed by atoms with van der Waals surface area (Å²) in [5, 5.41) is 1.21. The van der Waals surface area contributed by atoms with Crippen molar-refractivity contribution in [3.63, 3.8) is 0 Å². The van der Waals surface area contributed by atoms with Gasteiger partial charge in [-0.15, -0.1) is 0 Å². The van der Waals surface area contributed by atoms with E-state index in [-0.39, 0.29) is 5.24 Å². The van der Waals surface area contributed by atoms with Crippen molar-refractivity contribution in [3.8, 4) is 0 Å². The van der Waals surface area contributed by atoms with E-state index in [1.807, 2.05) is 11.0 Å². The molecule has 1 aliphatic heterocycles. The Morgan fingerprint density at radius 3 is 2.72 bits per heavy atom. The number of aromatic nitrogens is 1. The van der Waals surface area contributed by atoms with Crippen molar-refractivity contribution >= 4 is 28.8 Å². The third-order valence-corrected chi connectivity index (χ3v) is 4.11. The van der Waals surface area contributed by atoms with Gasteiger partial charge in [0.25, 0.3) is 5.24 Å². The zero-order chi connectivity index (χ0) is 12.5. The van der Waals surface area contributed by atoms with Crippen LogP contribution >= 0.6 is 12.6 Å². The molecule has 1 aromatic carbocycles. The van der Waals surface area contributed by atoms with E-state index in [9.17, 15) is 4.79 Å². The molecule has 18 heavy (non-hydrogen) atoms. The molecule has 0 saturated carbocycles. The van der Waals surface area contributed by atoms with Gasteiger partial charge in [-0.05, 0) is 30.4 Å². The highest BCUT2D eigenvalue weighted by molar-refractivity contribution is 7.96. The molecule has 0 atom stereocenters. The number of carbonyl (C=O) groups is 1. The molecule has 1 aliphatic rings. The van der Waals surface area contributed by atoms with Gasteiger partial charge in [-0.2, -0.15) is 0 Å². The summed E-state index contributed by atoms with van der Waals surface area (Å²) >= 11 is 3.89. The Balaban J connectivity index is 1.82. The first kappa shape index (κ1) is 11.7. The number of hydrogen-bond acceptors (Lipinski definition) is 1. The van der Waals surface area contributed by atoms with Gasteiger partial charge in [-0.3, -0.25) is 4.79 Å². The fourth-order valence-electron chi connectivity index (χ4n) is 2.81. The lowest BCUT2D eigenvalue weighted by molar-refractivity contribution is 0.206. The molecule has 94 valence electrons. The van der Waals surface area contributed by atoms with Crippen LogP contribution in [0.5, 0.6) is 0 Å². The molecule has 1 saturated heterocycles. The second-order valence-electron chi connectivity index (χ2n) is 4.83. The second kappa shape index (κ2) is 4.69. The van der Waals surface area contributed by atoms with Crippen molar-refractivity contribution < 1.29 is 4.79 Å². The molecular formula is C14H16N2OS. The average Bonchev–Trinajstić information content (AvgIpc) is 2.82. The minimum atomic E-state index is -0.104. The molecule has 0 radical (unpaired) electrons. The molecule has 3 rings (SSSR count). The summed E-state index contributed by atoms with van der Waals surface area (Å²) in [6.07, 6.45) is 4.16. The number of H-pyrrole nitrogens is 1. The molecular weight excluding hydrogens is 244 g/mol. The number of aromatic amines is 1. The number of nitrogens with one attached hydrogen (secondary N) is 1. The predicted octanol–water partition coefficient (Wildman–Crippen LogP) is 3.40. The highest BCUT2D eigenvalue weighted by Gasteiger charge is 2.23. The number of thiol groups is 1. The predicted molar refractivity (Wildman–Crippen MR) is 76.2 cm³/mol. The summed E-state index contributed by atoms with van der Waals surface area (Å²) in [7, 11) is 0. The van der Waals surface area contributed by atoms with Gasteiger partial charge in [0, 0.05) is 30.2 Å². The highest BCUT2D eigenvalue weighted by Crippen LogP contribution is 2.33. The Hall–Kier alpha value is -1.42. The Morgan fingerprint density at radius 2 is 2.00 bits per heavy atom. The number of piperidine rings is 1. The van der Waals surface area contributed by atoms with Gasteiger partial charge in [-0.25, -0.2) is 0 Å². The standard InChI is InChI=1S/C14H16N2OS/c17-14(18)16-7-5-10(6-8-16)12-9-15-13-4-2-1-3-11(12)13/h1-4,9-10,15H,5-8H2,(H,17,18). The SMILES string of the molecule is O=C(S)N1CCC(c2c[nH]c3ccccc23)CC1. The number of rotatable bonds is 1. The van der Waals surface area contributed by atoms with E-state index < -0.39 is 0 Å². The number of amides is 1. The van der Waals surface area contributed by atoms with Crippen LogP contribution in [0.15, 0.2) is 30.5 Å². The maximum absolute atomic E-state index is 11.2. The van der Waals surface area contributed by atoms with Gasteiger partial charge in [0.1, 0.15) is 0 Å². The van der Waals surface area contributed by atoms with Crippen LogP contribution in [0, 0.1) is 0 Å². The molecule has 1 aromatic heterocycles. The van der Waals surface area contributed by atoms with Crippen LogP contribution in [0.4, 0.5) is 4.79 Å². The van der Waals surface area contributed by atoms with Crippen molar-refractivity contribution in [2.24, 2.45) is 0 Å². The molecule has 2 aromatic rings. The summed E-state index contributed by atoms with van der Waals surface area (Å²) < 4.78 is 0. The molecule has 2 heterocycles. The van der Waals surface area contributed by atoms with E-state index in [0.717, 1.165) is 25.9 Å². The lowest BCUT2D eigenvalue weighted by Gasteiger charge is -2.30. The molecule has 3 nitrogen and oxygen atoms in total. The minimum Gasteiger partial charge on any atom is -0.361 e. The van der Waals surface area contributed by atoms with Crippen LogP contribution in [0.3, 0.4) is 0 Å². The first-order valence-electron chi connectivity index (χ1n) is 6.29. The van der Waals surface area contributed by atoms with Crippen LogP contribution in [-0.4, -0.2) is 28.2 Å². The van der Waals surface area contributed by atoms with Crippen molar-refractivity contribution in [3.05, 3.63) is 36.0 Å². The number of fused-ring (bicyclic) bond motifs is 1. The first-order valence-corrected chi connectivity index (χ1v) is 6.74. The molecule has 4 heteroatoms. The van der Waals surface area contributed by atoms with Crippen molar-refractivity contribution in [2.45, 2.75) is 18.8 Å². The monoisotopic (exact) mass is 260 g/mol. The third kappa shape index (κ3) is 2.01. The smallest absolute Gasteiger partial charge is 0.278 e. The van der Waals surface area contributed by atoms with Crippen molar-refractivity contribution in [2.75, 3.05) is 13.1 Å². The number of nitrogens with zero attached hydrogens (tertiary/aromatic N) is 1. The van der Waals surface area contributed by atoms with Crippen molar-refractivity contribution in [1.29, 1.82) is 0 Å². The van der Waals surface area contributed by atoms with Gasteiger partial charge < -0.3 is 9.88 Å². The summed E-state index contributed by atoms with van der Waals surface area (Å²) in [4.78, 5) is 16.3. The van der Waals surface area contributed by atoms with E-state index in [1.54, 1.807) is 0 Å². The van der Waals surface area contributed by atoms with Crippen LogP contribution in [0.1, 0.15) is 24.3 Å². The third-order valence-electron chi connectivity index (χ3n) is 3.83. The normalized spacial score (nSPS) is 17.3. The molecule has 0 spiro atoms. The van der Waals surface area contributed by atoms with Crippen molar-refractivity contribution in [1.82, 2.24) is 9.88 Å². The largest absolute Gasteiger partial charge is 0.361 e. The molecule has 0 aliphatic carbocycles. The first-order chi connectivity index (χ1) is 8.75. The second-order valence-corrected chi connectivity index (χ2v) is 5.22. The Labute approximate surface area is 112 Å². The number of benzene rings is 1. The molecule has 0 unspecified atom stereocenters. The minimum absolute atomic E-state index is 0.104. The number of para-hydroxylation sites is 1. The lowest BCUT2D eigenvalue weighted by atomic mass is 9.89. The quantitative estimate of drug-likeness (QED) is 0.757. The van der Waals surface area contributed by atoms with Crippen LogP contribution in [0.2, 0.25) is 0 Å². The molecule has 1 amide bonds. The zero-order valence-electron chi connectivity index (χ0n) is 10.1. The number of hydrogen-bond donors (Lipinski definition) is 2. The van der Waals surface area contributed by atoms with Gasteiger partial charge in [0.15, 0.2) is 0 Å². The van der Waals surface area contributed by atoms with Gasteiger partial charge >= 0.3 is 0 Å². The molecule has 1 N–H and O–H groups in total. The average molecular weight is 260 g/mol. The van der Waals surface area contributed by atoms with Gasteiger partial charge in [0.05, 0.1) is 0 Å².